The molecular formula is C26H22F2N2O2. The van der Waals surface area contributed by atoms with Crippen LogP contribution in [0.25, 0.3) is 0 Å². The van der Waals surface area contributed by atoms with Crippen LogP contribution < -0.4 is 0 Å². The van der Waals surface area contributed by atoms with E-state index in [0.29, 0.717) is 37.3 Å². The molecule has 1 fully saturated rings. The summed E-state index contributed by atoms with van der Waals surface area (Å²) in [6.45, 7) is 2.88. The van der Waals surface area contributed by atoms with Crippen LogP contribution in [0, 0.1) is 11.6 Å². The number of hydrogen-bond donors (Lipinski definition) is 0. The molecule has 0 amide bonds. The van der Waals surface area contributed by atoms with Gasteiger partial charge >= 0.3 is 0 Å². The number of benzene rings is 3. The minimum absolute atomic E-state index is 0.0534. The molecule has 3 aromatic carbocycles. The zero-order valence-electron chi connectivity index (χ0n) is 17.4. The highest BCUT2D eigenvalue weighted by molar-refractivity contribution is 6.32. The molecule has 0 bridgehead atoms. The lowest BCUT2D eigenvalue weighted by molar-refractivity contribution is 0.0278. The van der Waals surface area contributed by atoms with Crippen molar-refractivity contribution in [3.8, 4) is 0 Å². The maximum absolute atomic E-state index is 14.2. The lowest BCUT2D eigenvalue weighted by Crippen LogP contribution is -2.60. The number of Topliss-reactive ketones (excluding diaryl/α,β-unsaturated/α-hetero) is 2. The summed E-state index contributed by atoms with van der Waals surface area (Å²) in [6.07, 6.45) is 0. The molecule has 1 heterocycles. The molecule has 1 aliphatic heterocycles. The second-order valence-electron chi connectivity index (χ2n) is 8.32. The minimum atomic E-state index is -1.74. The molecule has 4 nitrogen and oxygen atoms in total. The molecule has 0 radical (unpaired) electrons. The SMILES string of the molecule is O=C1c2ccccc2C(=O)C1(c1cc(F)cc(F)c1)N1CCN(Cc2ccccc2)CC1. The zero-order valence-corrected chi connectivity index (χ0v) is 17.4. The summed E-state index contributed by atoms with van der Waals surface area (Å²) in [5.41, 5.74) is 0.0922. The molecule has 32 heavy (non-hydrogen) atoms. The summed E-state index contributed by atoms with van der Waals surface area (Å²) in [6, 6.07) is 19.7. The van der Waals surface area contributed by atoms with Crippen molar-refractivity contribution < 1.29 is 18.4 Å². The Morgan fingerprint density at radius 3 is 1.81 bits per heavy atom. The summed E-state index contributed by atoms with van der Waals surface area (Å²) in [4.78, 5) is 31.5. The topological polar surface area (TPSA) is 40.6 Å². The van der Waals surface area contributed by atoms with Gasteiger partial charge in [0.2, 0.25) is 0 Å². The largest absolute Gasteiger partial charge is 0.297 e. The van der Waals surface area contributed by atoms with Crippen LogP contribution in [0.3, 0.4) is 0 Å². The molecule has 0 N–H and O–H groups in total. The maximum atomic E-state index is 14.2. The van der Waals surface area contributed by atoms with E-state index in [2.05, 4.69) is 17.0 Å². The van der Waals surface area contributed by atoms with E-state index < -0.39 is 28.7 Å². The number of halogens is 2. The molecule has 0 saturated carbocycles. The summed E-state index contributed by atoms with van der Waals surface area (Å²) in [7, 11) is 0. The van der Waals surface area contributed by atoms with E-state index in [1.165, 1.54) is 5.56 Å². The van der Waals surface area contributed by atoms with E-state index in [-0.39, 0.29) is 5.56 Å². The third kappa shape index (κ3) is 3.27. The van der Waals surface area contributed by atoms with Crippen molar-refractivity contribution in [3.05, 3.63) is 107 Å². The Hall–Kier alpha value is -3.22. The molecule has 3 aromatic rings. The average Bonchev–Trinajstić information content (AvgIpc) is 3.02. The highest BCUT2D eigenvalue weighted by atomic mass is 19.1. The van der Waals surface area contributed by atoms with Gasteiger partial charge in [-0.05, 0) is 23.3 Å². The van der Waals surface area contributed by atoms with E-state index >= 15 is 0 Å². The Bertz CT molecular complexity index is 1130. The molecular weight excluding hydrogens is 410 g/mol. The Balaban J connectivity index is 1.51. The summed E-state index contributed by atoms with van der Waals surface area (Å²) < 4.78 is 28.4. The van der Waals surface area contributed by atoms with Gasteiger partial charge in [-0.15, -0.1) is 0 Å². The Morgan fingerprint density at radius 1 is 0.719 bits per heavy atom. The van der Waals surface area contributed by atoms with Crippen LogP contribution in [-0.4, -0.2) is 47.5 Å². The van der Waals surface area contributed by atoms with Crippen molar-refractivity contribution in [2.45, 2.75) is 12.1 Å². The van der Waals surface area contributed by atoms with Gasteiger partial charge in [0.25, 0.3) is 0 Å². The lowest BCUT2D eigenvalue weighted by Gasteiger charge is -2.44. The number of carbonyl (C=O) groups is 2. The molecule has 6 heteroatoms. The van der Waals surface area contributed by atoms with E-state index in [9.17, 15) is 18.4 Å². The normalized spacial score (nSPS) is 18.7. The Labute approximate surface area is 185 Å². The van der Waals surface area contributed by atoms with Gasteiger partial charge in [-0.1, -0.05) is 54.6 Å². The van der Waals surface area contributed by atoms with Crippen molar-refractivity contribution in [1.82, 2.24) is 9.80 Å². The predicted molar refractivity (Wildman–Crippen MR) is 116 cm³/mol. The fourth-order valence-electron chi connectivity index (χ4n) is 4.95. The molecule has 0 atom stereocenters. The van der Waals surface area contributed by atoms with Gasteiger partial charge in [-0.3, -0.25) is 19.4 Å². The first-order valence-electron chi connectivity index (χ1n) is 10.7. The van der Waals surface area contributed by atoms with Crippen molar-refractivity contribution >= 4 is 11.6 Å². The van der Waals surface area contributed by atoms with Gasteiger partial charge in [0, 0.05) is 49.9 Å². The second kappa shape index (κ2) is 8.04. The molecule has 0 aromatic heterocycles. The van der Waals surface area contributed by atoms with Gasteiger partial charge in [0.15, 0.2) is 17.1 Å². The molecule has 0 unspecified atom stereocenters. The standard InChI is InChI=1S/C26H22F2N2O2/c27-20-14-19(15-21(28)16-20)26(24(31)22-8-4-5-9-23(22)25(26)32)30-12-10-29(11-13-30)17-18-6-2-1-3-7-18/h1-9,14-16H,10-13,17H2. The fourth-order valence-corrected chi connectivity index (χ4v) is 4.95. The van der Waals surface area contributed by atoms with Crippen LogP contribution in [0.5, 0.6) is 0 Å². The Morgan fingerprint density at radius 2 is 1.25 bits per heavy atom. The van der Waals surface area contributed by atoms with Gasteiger partial charge in [-0.2, -0.15) is 0 Å². The molecule has 1 aliphatic carbocycles. The lowest BCUT2D eigenvalue weighted by atomic mass is 9.82. The van der Waals surface area contributed by atoms with E-state index in [1.54, 1.807) is 29.2 Å². The molecule has 1 saturated heterocycles. The number of hydrogen-bond acceptors (Lipinski definition) is 4. The van der Waals surface area contributed by atoms with E-state index in [0.717, 1.165) is 24.7 Å². The third-order valence-corrected chi connectivity index (χ3v) is 6.45. The van der Waals surface area contributed by atoms with Gasteiger partial charge in [0.05, 0.1) is 0 Å². The Kier molecular flexibility index (Phi) is 5.19. The van der Waals surface area contributed by atoms with Crippen LogP contribution in [0.4, 0.5) is 8.78 Å². The molecule has 162 valence electrons. The van der Waals surface area contributed by atoms with Crippen LogP contribution in [-0.2, 0) is 12.1 Å². The number of ketones is 2. The number of nitrogens with zero attached hydrogens (tertiary/aromatic N) is 2. The first-order valence-corrected chi connectivity index (χ1v) is 10.7. The molecule has 0 spiro atoms. The number of fused-ring (bicyclic) bond motifs is 1. The van der Waals surface area contributed by atoms with Crippen molar-refractivity contribution in [1.29, 1.82) is 0 Å². The van der Waals surface area contributed by atoms with E-state index in [4.69, 9.17) is 0 Å². The zero-order chi connectivity index (χ0) is 22.3. The predicted octanol–water partition coefficient (Wildman–Crippen LogP) is 4.06. The first kappa shape index (κ1) is 20.7. The molecule has 5 rings (SSSR count). The monoisotopic (exact) mass is 432 g/mol. The maximum Gasteiger partial charge on any atom is 0.196 e. The summed E-state index contributed by atoms with van der Waals surface area (Å²) in [5.74, 6) is -2.45. The van der Waals surface area contributed by atoms with Crippen LogP contribution in [0.1, 0.15) is 31.8 Å². The van der Waals surface area contributed by atoms with E-state index in [1.807, 2.05) is 18.2 Å². The molecule has 2 aliphatic rings. The van der Waals surface area contributed by atoms with Crippen molar-refractivity contribution in [2.75, 3.05) is 26.2 Å². The minimum Gasteiger partial charge on any atom is -0.297 e. The third-order valence-electron chi connectivity index (χ3n) is 6.45. The number of rotatable bonds is 4. The van der Waals surface area contributed by atoms with Gasteiger partial charge < -0.3 is 0 Å². The highest BCUT2D eigenvalue weighted by Crippen LogP contribution is 2.43. The highest BCUT2D eigenvalue weighted by Gasteiger charge is 2.58. The van der Waals surface area contributed by atoms with Crippen LogP contribution in [0.2, 0.25) is 0 Å². The second-order valence-corrected chi connectivity index (χ2v) is 8.32. The summed E-state index contributed by atoms with van der Waals surface area (Å²) >= 11 is 0. The summed E-state index contributed by atoms with van der Waals surface area (Å²) in [5, 5.41) is 0. The first-order chi connectivity index (χ1) is 15.5. The number of carbonyl (C=O) groups excluding carboxylic acids is 2. The van der Waals surface area contributed by atoms with Crippen molar-refractivity contribution in [3.63, 3.8) is 0 Å². The smallest absolute Gasteiger partial charge is 0.196 e. The van der Waals surface area contributed by atoms with Gasteiger partial charge in [0.1, 0.15) is 11.6 Å². The average molecular weight is 432 g/mol. The van der Waals surface area contributed by atoms with Gasteiger partial charge in [-0.25, -0.2) is 8.78 Å². The van der Waals surface area contributed by atoms with Crippen LogP contribution >= 0.6 is 0 Å². The fraction of sp³-hybridized carbons (Fsp3) is 0.231. The quantitative estimate of drug-likeness (QED) is 0.583. The number of piperazine rings is 1. The van der Waals surface area contributed by atoms with Crippen LogP contribution in [0.15, 0.2) is 72.8 Å². The van der Waals surface area contributed by atoms with Crippen molar-refractivity contribution in [2.24, 2.45) is 0 Å².